The summed E-state index contributed by atoms with van der Waals surface area (Å²) < 4.78 is 40.3. The standard InChI is InChI=1S/C17H27F3N2O2/c18-17(19,20)15-12-3-1-11(2-4-12)14(15)16(24)21-7-10-22-8-5-13(23)6-9-22/h11-15,23H,1-10H2,(H,21,24)/t11?,12?,14-,15-/m0/s1. The first kappa shape index (κ1) is 18.0. The van der Waals surface area contributed by atoms with E-state index in [1.807, 2.05) is 0 Å². The van der Waals surface area contributed by atoms with Gasteiger partial charge in [-0.05, 0) is 50.4 Å². The van der Waals surface area contributed by atoms with Crippen molar-refractivity contribution in [2.75, 3.05) is 26.2 Å². The number of aliphatic hydroxyl groups excluding tert-OH is 1. The van der Waals surface area contributed by atoms with Crippen molar-refractivity contribution in [3.05, 3.63) is 0 Å². The fourth-order valence-electron chi connectivity index (χ4n) is 4.90. The van der Waals surface area contributed by atoms with Crippen LogP contribution in [-0.2, 0) is 4.79 Å². The quantitative estimate of drug-likeness (QED) is 0.819. The van der Waals surface area contributed by atoms with Crippen molar-refractivity contribution in [3.63, 3.8) is 0 Å². The lowest BCUT2D eigenvalue weighted by molar-refractivity contribution is -0.229. The molecule has 0 aromatic heterocycles. The number of carbonyl (C=O) groups excluding carboxylic acids is 1. The van der Waals surface area contributed by atoms with Crippen molar-refractivity contribution in [1.29, 1.82) is 0 Å². The number of nitrogens with one attached hydrogen (secondary N) is 1. The molecule has 4 aliphatic rings. The number of piperidine rings is 1. The molecular weight excluding hydrogens is 321 g/mol. The van der Waals surface area contributed by atoms with Gasteiger partial charge in [0.05, 0.1) is 17.9 Å². The summed E-state index contributed by atoms with van der Waals surface area (Å²) >= 11 is 0. The van der Waals surface area contributed by atoms with Gasteiger partial charge in [-0.3, -0.25) is 4.79 Å². The van der Waals surface area contributed by atoms with Gasteiger partial charge in [0.1, 0.15) is 0 Å². The first-order valence-corrected chi connectivity index (χ1v) is 9.11. The molecule has 2 N–H and O–H groups in total. The molecule has 1 saturated heterocycles. The molecule has 2 bridgehead atoms. The van der Waals surface area contributed by atoms with Crippen LogP contribution in [0.2, 0.25) is 0 Å². The smallest absolute Gasteiger partial charge is 0.392 e. The zero-order valence-electron chi connectivity index (χ0n) is 13.9. The third-order valence-electron chi connectivity index (χ3n) is 6.18. The summed E-state index contributed by atoms with van der Waals surface area (Å²) in [6, 6.07) is 0. The molecule has 2 atom stereocenters. The Balaban J connectivity index is 1.53. The number of nitrogens with zero attached hydrogens (tertiary/aromatic N) is 1. The van der Waals surface area contributed by atoms with E-state index in [1.165, 1.54) is 0 Å². The molecule has 1 aliphatic heterocycles. The van der Waals surface area contributed by atoms with E-state index >= 15 is 0 Å². The van der Waals surface area contributed by atoms with E-state index < -0.39 is 23.9 Å². The second-order valence-electron chi connectivity index (χ2n) is 7.63. The molecule has 0 aromatic carbocycles. The largest absolute Gasteiger partial charge is 0.393 e. The zero-order valence-corrected chi connectivity index (χ0v) is 13.9. The van der Waals surface area contributed by atoms with Gasteiger partial charge >= 0.3 is 6.18 Å². The van der Waals surface area contributed by atoms with E-state index in [-0.39, 0.29) is 17.9 Å². The molecule has 0 spiro atoms. The van der Waals surface area contributed by atoms with Gasteiger partial charge < -0.3 is 15.3 Å². The van der Waals surface area contributed by atoms with Crippen LogP contribution in [-0.4, -0.2) is 54.4 Å². The highest BCUT2D eigenvalue weighted by Crippen LogP contribution is 2.54. The molecule has 0 aromatic rings. The number of likely N-dealkylation sites (tertiary alicyclic amines) is 1. The third kappa shape index (κ3) is 3.87. The Hall–Kier alpha value is -0.820. The maximum Gasteiger partial charge on any atom is 0.392 e. The number of alkyl halides is 3. The van der Waals surface area contributed by atoms with Crippen molar-refractivity contribution in [2.24, 2.45) is 23.7 Å². The minimum atomic E-state index is -4.28. The lowest BCUT2D eigenvalue weighted by Crippen LogP contribution is -2.53. The zero-order chi connectivity index (χ0) is 17.3. The molecule has 3 saturated carbocycles. The van der Waals surface area contributed by atoms with Gasteiger partial charge in [0, 0.05) is 26.2 Å². The number of hydrogen-bond acceptors (Lipinski definition) is 3. The van der Waals surface area contributed by atoms with Gasteiger partial charge in [-0.1, -0.05) is 0 Å². The number of fused-ring (bicyclic) bond motifs is 3. The van der Waals surface area contributed by atoms with E-state index in [1.54, 1.807) is 0 Å². The van der Waals surface area contributed by atoms with Crippen molar-refractivity contribution >= 4 is 5.91 Å². The van der Waals surface area contributed by atoms with Gasteiger partial charge in [-0.15, -0.1) is 0 Å². The Morgan fingerprint density at radius 3 is 2.21 bits per heavy atom. The van der Waals surface area contributed by atoms with Crippen molar-refractivity contribution in [3.8, 4) is 0 Å². The molecule has 0 unspecified atom stereocenters. The predicted molar refractivity (Wildman–Crippen MR) is 83.2 cm³/mol. The average Bonchev–Trinajstić information content (AvgIpc) is 2.56. The fourth-order valence-corrected chi connectivity index (χ4v) is 4.90. The number of halogens is 3. The van der Waals surface area contributed by atoms with Gasteiger partial charge in [-0.25, -0.2) is 0 Å². The first-order valence-electron chi connectivity index (χ1n) is 9.11. The van der Waals surface area contributed by atoms with Crippen LogP contribution < -0.4 is 5.32 Å². The second kappa shape index (κ2) is 7.20. The maximum atomic E-state index is 13.4. The van der Waals surface area contributed by atoms with Gasteiger partial charge in [0.2, 0.25) is 5.91 Å². The summed E-state index contributed by atoms with van der Waals surface area (Å²) in [7, 11) is 0. The molecule has 4 rings (SSSR count). The monoisotopic (exact) mass is 348 g/mol. The minimum Gasteiger partial charge on any atom is -0.393 e. The molecular formula is C17H27F3N2O2. The van der Waals surface area contributed by atoms with Gasteiger partial charge in [0.25, 0.3) is 0 Å². The van der Waals surface area contributed by atoms with Gasteiger partial charge in [0.15, 0.2) is 0 Å². The Labute approximate surface area is 140 Å². The summed E-state index contributed by atoms with van der Waals surface area (Å²) in [5.41, 5.74) is 0. The summed E-state index contributed by atoms with van der Waals surface area (Å²) in [6.07, 6.45) is -0.384. The lowest BCUT2D eigenvalue weighted by atomic mass is 9.58. The molecule has 3 aliphatic carbocycles. The second-order valence-corrected chi connectivity index (χ2v) is 7.63. The summed E-state index contributed by atoms with van der Waals surface area (Å²) in [6.45, 7) is 2.57. The molecule has 1 amide bonds. The van der Waals surface area contributed by atoms with Crippen LogP contribution in [0.4, 0.5) is 13.2 Å². The molecule has 1 heterocycles. The minimum absolute atomic E-state index is 0.119. The van der Waals surface area contributed by atoms with Crippen LogP contribution in [0.1, 0.15) is 38.5 Å². The lowest BCUT2D eigenvalue weighted by Gasteiger charge is -2.48. The van der Waals surface area contributed by atoms with Crippen LogP contribution in [0, 0.1) is 23.7 Å². The van der Waals surface area contributed by atoms with Crippen molar-refractivity contribution in [2.45, 2.75) is 50.8 Å². The Kier molecular flexibility index (Phi) is 5.39. The molecule has 7 heteroatoms. The Morgan fingerprint density at radius 1 is 1.04 bits per heavy atom. The number of aliphatic hydroxyl groups is 1. The topological polar surface area (TPSA) is 52.6 Å². The predicted octanol–water partition coefficient (Wildman–Crippen LogP) is 2.17. The molecule has 138 valence electrons. The van der Waals surface area contributed by atoms with Gasteiger partial charge in [-0.2, -0.15) is 13.2 Å². The first-order chi connectivity index (χ1) is 11.4. The van der Waals surface area contributed by atoms with Crippen LogP contribution in [0.5, 0.6) is 0 Å². The number of amides is 1. The number of rotatable bonds is 4. The van der Waals surface area contributed by atoms with Crippen molar-refractivity contribution in [1.82, 2.24) is 10.2 Å². The van der Waals surface area contributed by atoms with E-state index in [4.69, 9.17) is 0 Å². The summed E-state index contributed by atoms with van der Waals surface area (Å²) in [5.74, 6) is -3.28. The Morgan fingerprint density at radius 2 is 1.62 bits per heavy atom. The van der Waals surface area contributed by atoms with E-state index in [9.17, 15) is 23.1 Å². The van der Waals surface area contributed by atoms with Crippen LogP contribution in [0.15, 0.2) is 0 Å². The summed E-state index contributed by atoms with van der Waals surface area (Å²) in [5, 5.41) is 12.2. The number of hydrogen-bond donors (Lipinski definition) is 2. The number of carbonyl (C=O) groups is 1. The van der Waals surface area contributed by atoms with Crippen LogP contribution >= 0.6 is 0 Å². The van der Waals surface area contributed by atoms with Crippen molar-refractivity contribution < 1.29 is 23.1 Å². The van der Waals surface area contributed by atoms with E-state index in [0.717, 1.165) is 38.8 Å². The van der Waals surface area contributed by atoms with Crippen LogP contribution in [0.3, 0.4) is 0 Å². The van der Waals surface area contributed by atoms with Crippen LogP contribution in [0.25, 0.3) is 0 Å². The molecule has 4 nitrogen and oxygen atoms in total. The molecule has 24 heavy (non-hydrogen) atoms. The SMILES string of the molecule is O=C(NCCN1CCC(O)CC1)[C@H]1C2CCC(CC2)[C@@H]1C(F)(F)F. The van der Waals surface area contributed by atoms with E-state index in [0.29, 0.717) is 25.9 Å². The molecule has 4 fully saturated rings. The van der Waals surface area contributed by atoms with E-state index in [2.05, 4.69) is 10.2 Å². The fraction of sp³-hybridized carbons (Fsp3) is 0.941. The summed E-state index contributed by atoms with van der Waals surface area (Å²) in [4.78, 5) is 14.6. The molecule has 0 radical (unpaired) electrons. The Bertz CT molecular complexity index is 442. The average molecular weight is 348 g/mol. The third-order valence-corrected chi connectivity index (χ3v) is 6.18. The highest BCUT2D eigenvalue weighted by molar-refractivity contribution is 5.79. The highest BCUT2D eigenvalue weighted by Gasteiger charge is 2.57. The normalized spacial score (nSPS) is 35.2. The maximum absolute atomic E-state index is 13.4. The highest BCUT2D eigenvalue weighted by atomic mass is 19.4.